The number of piperidine rings is 1. The SMILES string of the molecule is CS(=O)(=O)N1CCCC[C@H]1C(=O)NC[C@@H]1CCOC1. The third kappa shape index (κ3) is 3.90. The number of carbonyl (C=O) groups is 1. The zero-order chi connectivity index (χ0) is 13.9. The predicted octanol–water partition coefficient (Wildman–Crippen LogP) is -0.0468. The smallest absolute Gasteiger partial charge is 0.238 e. The van der Waals surface area contributed by atoms with E-state index < -0.39 is 16.1 Å². The van der Waals surface area contributed by atoms with Gasteiger partial charge in [-0.3, -0.25) is 4.79 Å². The molecule has 110 valence electrons. The summed E-state index contributed by atoms with van der Waals surface area (Å²) in [6.45, 7) is 2.45. The molecule has 2 aliphatic heterocycles. The van der Waals surface area contributed by atoms with Crippen LogP contribution in [-0.4, -0.2) is 57.2 Å². The van der Waals surface area contributed by atoms with Crippen LogP contribution >= 0.6 is 0 Å². The Hall–Kier alpha value is -0.660. The van der Waals surface area contributed by atoms with Gasteiger partial charge >= 0.3 is 0 Å². The number of hydrogen-bond donors (Lipinski definition) is 1. The van der Waals surface area contributed by atoms with Gasteiger partial charge in [0.05, 0.1) is 12.9 Å². The van der Waals surface area contributed by atoms with E-state index in [1.807, 2.05) is 0 Å². The van der Waals surface area contributed by atoms with Crippen molar-refractivity contribution >= 4 is 15.9 Å². The summed E-state index contributed by atoms with van der Waals surface area (Å²) >= 11 is 0. The molecule has 19 heavy (non-hydrogen) atoms. The number of nitrogens with zero attached hydrogens (tertiary/aromatic N) is 1. The number of nitrogens with one attached hydrogen (secondary N) is 1. The number of ether oxygens (including phenoxy) is 1. The predicted molar refractivity (Wildman–Crippen MR) is 71.1 cm³/mol. The van der Waals surface area contributed by atoms with Crippen LogP contribution in [0.2, 0.25) is 0 Å². The molecule has 7 heteroatoms. The van der Waals surface area contributed by atoms with Crippen LogP contribution in [0, 0.1) is 5.92 Å². The molecule has 0 aromatic heterocycles. The van der Waals surface area contributed by atoms with Gasteiger partial charge in [0.15, 0.2) is 0 Å². The van der Waals surface area contributed by atoms with Gasteiger partial charge in [-0.25, -0.2) is 8.42 Å². The molecule has 2 fully saturated rings. The molecule has 0 bridgehead atoms. The minimum absolute atomic E-state index is 0.169. The van der Waals surface area contributed by atoms with Gasteiger partial charge in [-0.2, -0.15) is 4.31 Å². The van der Waals surface area contributed by atoms with Crippen LogP contribution in [0.5, 0.6) is 0 Å². The highest BCUT2D eigenvalue weighted by molar-refractivity contribution is 7.88. The minimum Gasteiger partial charge on any atom is -0.381 e. The van der Waals surface area contributed by atoms with E-state index in [0.717, 1.165) is 25.9 Å². The summed E-state index contributed by atoms with van der Waals surface area (Å²) in [5, 5.41) is 2.87. The summed E-state index contributed by atoms with van der Waals surface area (Å²) in [5.41, 5.74) is 0. The first-order valence-corrected chi connectivity index (χ1v) is 8.65. The lowest BCUT2D eigenvalue weighted by molar-refractivity contribution is -0.125. The molecule has 0 saturated carbocycles. The summed E-state index contributed by atoms with van der Waals surface area (Å²) in [6.07, 6.45) is 4.47. The van der Waals surface area contributed by atoms with Crippen molar-refractivity contribution in [2.45, 2.75) is 31.7 Å². The molecule has 0 aromatic rings. The average molecular weight is 290 g/mol. The van der Waals surface area contributed by atoms with Crippen molar-refractivity contribution < 1.29 is 17.9 Å². The van der Waals surface area contributed by atoms with Gasteiger partial charge in [0.1, 0.15) is 6.04 Å². The number of hydrogen-bond acceptors (Lipinski definition) is 4. The van der Waals surface area contributed by atoms with Crippen molar-refractivity contribution in [2.75, 3.05) is 32.6 Å². The van der Waals surface area contributed by atoms with Gasteiger partial charge in [-0.05, 0) is 19.3 Å². The van der Waals surface area contributed by atoms with Crippen LogP contribution in [0.25, 0.3) is 0 Å². The Morgan fingerprint density at radius 1 is 1.37 bits per heavy atom. The highest BCUT2D eigenvalue weighted by Gasteiger charge is 2.34. The lowest BCUT2D eigenvalue weighted by Crippen LogP contribution is -2.52. The molecule has 2 atom stereocenters. The van der Waals surface area contributed by atoms with Crippen molar-refractivity contribution in [1.82, 2.24) is 9.62 Å². The lowest BCUT2D eigenvalue weighted by Gasteiger charge is -2.32. The van der Waals surface area contributed by atoms with Crippen LogP contribution in [0.15, 0.2) is 0 Å². The van der Waals surface area contributed by atoms with E-state index in [-0.39, 0.29) is 5.91 Å². The number of amides is 1. The first-order valence-electron chi connectivity index (χ1n) is 6.81. The van der Waals surface area contributed by atoms with Gasteiger partial charge in [0.2, 0.25) is 15.9 Å². The topological polar surface area (TPSA) is 75.7 Å². The number of sulfonamides is 1. The summed E-state index contributed by atoms with van der Waals surface area (Å²) in [4.78, 5) is 12.2. The fraction of sp³-hybridized carbons (Fsp3) is 0.917. The molecule has 0 unspecified atom stereocenters. The van der Waals surface area contributed by atoms with E-state index in [1.54, 1.807) is 0 Å². The monoisotopic (exact) mass is 290 g/mol. The molecule has 6 nitrogen and oxygen atoms in total. The van der Waals surface area contributed by atoms with E-state index in [1.165, 1.54) is 10.6 Å². The van der Waals surface area contributed by atoms with E-state index >= 15 is 0 Å². The van der Waals surface area contributed by atoms with Crippen molar-refractivity contribution in [3.63, 3.8) is 0 Å². The maximum atomic E-state index is 12.2. The molecule has 1 amide bonds. The van der Waals surface area contributed by atoms with E-state index in [9.17, 15) is 13.2 Å². The van der Waals surface area contributed by atoms with Crippen molar-refractivity contribution in [3.8, 4) is 0 Å². The second kappa shape index (κ2) is 6.19. The normalized spacial score (nSPS) is 29.3. The summed E-state index contributed by atoms with van der Waals surface area (Å²) in [5.74, 6) is 0.191. The van der Waals surface area contributed by atoms with E-state index in [2.05, 4.69) is 5.32 Å². The van der Waals surface area contributed by atoms with Crippen LogP contribution < -0.4 is 5.32 Å². The first-order chi connectivity index (χ1) is 8.98. The Labute approximate surface area is 114 Å². The standard InChI is InChI=1S/C12H22N2O4S/c1-19(16,17)14-6-3-2-4-11(14)12(15)13-8-10-5-7-18-9-10/h10-11H,2-9H2,1H3,(H,13,15)/t10-,11-/m0/s1. The lowest BCUT2D eigenvalue weighted by atomic mass is 10.0. The zero-order valence-electron chi connectivity index (χ0n) is 11.3. The quantitative estimate of drug-likeness (QED) is 0.788. The Balaban J connectivity index is 1.91. The van der Waals surface area contributed by atoms with Gasteiger partial charge < -0.3 is 10.1 Å². The van der Waals surface area contributed by atoms with Crippen LogP contribution in [0.4, 0.5) is 0 Å². The highest BCUT2D eigenvalue weighted by atomic mass is 32.2. The molecular weight excluding hydrogens is 268 g/mol. The first kappa shape index (κ1) is 14.7. The molecule has 2 saturated heterocycles. The summed E-state index contributed by atoms with van der Waals surface area (Å²) in [6, 6.07) is -0.536. The summed E-state index contributed by atoms with van der Waals surface area (Å²) < 4.78 is 30.0. The van der Waals surface area contributed by atoms with Gasteiger partial charge in [0.25, 0.3) is 0 Å². The molecule has 0 aromatic carbocycles. The van der Waals surface area contributed by atoms with Crippen LogP contribution in [0.1, 0.15) is 25.7 Å². The molecule has 2 aliphatic rings. The Bertz CT molecular complexity index is 417. The van der Waals surface area contributed by atoms with Crippen molar-refractivity contribution in [1.29, 1.82) is 0 Å². The van der Waals surface area contributed by atoms with Gasteiger partial charge in [-0.15, -0.1) is 0 Å². The zero-order valence-corrected chi connectivity index (χ0v) is 12.1. The summed E-state index contributed by atoms with van der Waals surface area (Å²) in [7, 11) is -3.31. The van der Waals surface area contributed by atoms with Crippen molar-refractivity contribution in [3.05, 3.63) is 0 Å². The second-order valence-electron chi connectivity index (χ2n) is 5.36. The average Bonchev–Trinajstić information content (AvgIpc) is 2.88. The molecule has 2 heterocycles. The van der Waals surface area contributed by atoms with Crippen molar-refractivity contribution in [2.24, 2.45) is 5.92 Å². The molecule has 0 aliphatic carbocycles. The third-order valence-electron chi connectivity index (χ3n) is 3.77. The Kier molecular flexibility index (Phi) is 4.81. The Morgan fingerprint density at radius 3 is 2.79 bits per heavy atom. The second-order valence-corrected chi connectivity index (χ2v) is 7.30. The fourth-order valence-corrected chi connectivity index (χ4v) is 3.80. The van der Waals surface area contributed by atoms with E-state index in [0.29, 0.717) is 32.0 Å². The largest absolute Gasteiger partial charge is 0.381 e. The molecule has 0 radical (unpaired) electrons. The maximum Gasteiger partial charge on any atom is 0.238 e. The molecule has 2 rings (SSSR count). The molecule has 1 N–H and O–H groups in total. The number of rotatable bonds is 4. The van der Waals surface area contributed by atoms with Crippen LogP contribution in [0.3, 0.4) is 0 Å². The van der Waals surface area contributed by atoms with Crippen LogP contribution in [-0.2, 0) is 19.6 Å². The fourth-order valence-electron chi connectivity index (χ4n) is 2.67. The number of carbonyl (C=O) groups excluding carboxylic acids is 1. The molecular formula is C12H22N2O4S. The van der Waals surface area contributed by atoms with Gasteiger partial charge in [0, 0.05) is 25.6 Å². The Morgan fingerprint density at radius 2 is 2.16 bits per heavy atom. The maximum absolute atomic E-state index is 12.2. The van der Waals surface area contributed by atoms with Gasteiger partial charge in [-0.1, -0.05) is 6.42 Å². The molecule has 0 spiro atoms. The third-order valence-corrected chi connectivity index (χ3v) is 5.06. The minimum atomic E-state index is -3.31. The highest BCUT2D eigenvalue weighted by Crippen LogP contribution is 2.20. The van der Waals surface area contributed by atoms with E-state index in [4.69, 9.17) is 4.74 Å².